The Balaban J connectivity index is 1.91. The number of rotatable bonds is 4. The zero-order valence-electron chi connectivity index (χ0n) is 11.7. The molecular weight excluding hydrogens is 266 g/mol. The van der Waals surface area contributed by atoms with E-state index < -0.39 is 0 Å². The molecule has 0 N–H and O–H groups in total. The highest BCUT2D eigenvalue weighted by molar-refractivity contribution is 7.15. The van der Waals surface area contributed by atoms with Crippen molar-refractivity contribution >= 4 is 11.3 Å². The summed E-state index contributed by atoms with van der Waals surface area (Å²) >= 11 is 1.76. The first kappa shape index (κ1) is 13.1. The van der Waals surface area contributed by atoms with E-state index in [1.165, 1.54) is 16.0 Å². The van der Waals surface area contributed by atoms with Gasteiger partial charge in [0, 0.05) is 29.0 Å². The summed E-state index contributed by atoms with van der Waals surface area (Å²) in [6, 6.07) is 8.86. The van der Waals surface area contributed by atoms with Crippen molar-refractivity contribution in [2.24, 2.45) is 0 Å². The van der Waals surface area contributed by atoms with E-state index in [4.69, 9.17) is 0 Å². The van der Waals surface area contributed by atoms with E-state index in [2.05, 4.69) is 52.6 Å². The van der Waals surface area contributed by atoms with Gasteiger partial charge in [0.15, 0.2) is 0 Å². The molecule has 0 aliphatic carbocycles. The standard InChI is InChI=1S/C16H17N3S/c1-3-14(19-9-8-17-11-19)15-10-18-16(20-15)13-6-4-12(2)5-7-13/h4-11,14H,3H2,1-2H3. The molecule has 1 aromatic carbocycles. The van der Waals surface area contributed by atoms with Crippen LogP contribution in [0.2, 0.25) is 0 Å². The summed E-state index contributed by atoms with van der Waals surface area (Å²) in [5.74, 6) is 0. The number of hydrogen-bond acceptors (Lipinski definition) is 3. The number of aromatic nitrogens is 3. The van der Waals surface area contributed by atoms with Crippen molar-refractivity contribution in [1.29, 1.82) is 0 Å². The number of aryl methyl sites for hydroxylation is 1. The van der Waals surface area contributed by atoms with Crippen LogP contribution in [0.25, 0.3) is 10.6 Å². The Kier molecular flexibility index (Phi) is 3.65. The van der Waals surface area contributed by atoms with Crippen molar-refractivity contribution in [1.82, 2.24) is 14.5 Å². The van der Waals surface area contributed by atoms with E-state index in [1.54, 1.807) is 11.3 Å². The van der Waals surface area contributed by atoms with E-state index in [-0.39, 0.29) is 0 Å². The van der Waals surface area contributed by atoms with Gasteiger partial charge in [-0.1, -0.05) is 36.8 Å². The van der Waals surface area contributed by atoms with Gasteiger partial charge in [-0.15, -0.1) is 11.3 Å². The molecule has 3 nitrogen and oxygen atoms in total. The Morgan fingerprint density at radius 1 is 1.25 bits per heavy atom. The summed E-state index contributed by atoms with van der Waals surface area (Å²) in [5, 5.41) is 1.08. The zero-order chi connectivity index (χ0) is 13.9. The molecule has 0 amide bonds. The molecule has 0 spiro atoms. The fourth-order valence-corrected chi connectivity index (χ4v) is 3.40. The minimum atomic E-state index is 0.328. The molecule has 2 heterocycles. The Labute approximate surface area is 123 Å². The quantitative estimate of drug-likeness (QED) is 0.714. The van der Waals surface area contributed by atoms with Crippen molar-refractivity contribution in [2.45, 2.75) is 26.3 Å². The Bertz CT molecular complexity index is 668. The van der Waals surface area contributed by atoms with Gasteiger partial charge >= 0.3 is 0 Å². The maximum Gasteiger partial charge on any atom is 0.123 e. The SMILES string of the molecule is CCC(c1cnc(-c2ccc(C)cc2)s1)n1ccnc1. The van der Waals surface area contributed by atoms with Gasteiger partial charge < -0.3 is 4.57 Å². The fourth-order valence-electron chi connectivity index (χ4n) is 2.28. The van der Waals surface area contributed by atoms with Crippen LogP contribution in [-0.4, -0.2) is 14.5 Å². The molecule has 4 heteroatoms. The van der Waals surface area contributed by atoms with Crippen LogP contribution in [0.4, 0.5) is 0 Å². The molecular formula is C16H17N3S. The Morgan fingerprint density at radius 3 is 2.70 bits per heavy atom. The normalized spacial score (nSPS) is 12.5. The van der Waals surface area contributed by atoms with Crippen molar-refractivity contribution in [3.8, 4) is 10.6 Å². The van der Waals surface area contributed by atoms with Crippen LogP contribution in [0, 0.1) is 6.92 Å². The van der Waals surface area contributed by atoms with E-state index in [9.17, 15) is 0 Å². The van der Waals surface area contributed by atoms with Crippen LogP contribution in [0.15, 0.2) is 49.2 Å². The largest absolute Gasteiger partial charge is 0.329 e. The molecule has 2 aromatic heterocycles. The van der Waals surface area contributed by atoms with Crippen LogP contribution in [0.5, 0.6) is 0 Å². The Hall–Kier alpha value is -1.94. The van der Waals surface area contributed by atoms with E-state index in [0.29, 0.717) is 6.04 Å². The van der Waals surface area contributed by atoms with Crippen molar-refractivity contribution in [2.75, 3.05) is 0 Å². The van der Waals surface area contributed by atoms with Gasteiger partial charge in [0.05, 0.1) is 12.4 Å². The third-order valence-corrected chi connectivity index (χ3v) is 4.57. The molecule has 1 atom stereocenters. The van der Waals surface area contributed by atoms with Gasteiger partial charge in [0.25, 0.3) is 0 Å². The molecule has 0 radical (unpaired) electrons. The van der Waals surface area contributed by atoms with Gasteiger partial charge in [-0.25, -0.2) is 9.97 Å². The van der Waals surface area contributed by atoms with E-state index >= 15 is 0 Å². The predicted octanol–water partition coefficient (Wildman–Crippen LogP) is 4.31. The topological polar surface area (TPSA) is 30.7 Å². The van der Waals surface area contributed by atoms with E-state index in [1.807, 2.05) is 24.9 Å². The summed E-state index contributed by atoms with van der Waals surface area (Å²) in [6.45, 7) is 4.29. The highest BCUT2D eigenvalue weighted by Gasteiger charge is 2.15. The molecule has 0 saturated carbocycles. The highest BCUT2D eigenvalue weighted by atomic mass is 32.1. The van der Waals surface area contributed by atoms with Gasteiger partial charge in [-0.3, -0.25) is 0 Å². The minimum absolute atomic E-state index is 0.328. The lowest BCUT2D eigenvalue weighted by Crippen LogP contribution is -2.05. The second-order valence-electron chi connectivity index (χ2n) is 4.87. The molecule has 3 aromatic rings. The molecule has 0 fully saturated rings. The first-order valence-electron chi connectivity index (χ1n) is 6.78. The van der Waals surface area contributed by atoms with Crippen LogP contribution >= 0.6 is 11.3 Å². The third-order valence-electron chi connectivity index (χ3n) is 3.42. The lowest BCUT2D eigenvalue weighted by atomic mass is 10.2. The smallest absolute Gasteiger partial charge is 0.123 e. The number of benzene rings is 1. The summed E-state index contributed by atoms with van der Waals surface area (Å²) in [6.07, 6.45) is 8.74. The molecule has 102 valence electrons. The average Bonchev–Trinajstić information content (AvgIpc) is 3.12. The third kappa shape index (κ3) is 2.51. The fraction of sp³-hybridized carbons (Fsp3) is 0.250. The van der Waals surface area contributed by atoms with Crippen molar-refractivity contribution < 1.29 is 0 Å². The second-order valence-corrected chi connectivity index (χ2v) is 5.93. The lowest BCUT2D eigenvalue weighted by molar-refractivity contribution is 0.574. The van der Waals surface area contributed by atoms with Crippen molar-refractivity contribution in [3.05, 3.63) is 59.6 Å². The maximum atomic E-state index is 4.58. The number of thiazole rings is 1. The average molecular weight is 283 g/mol. The molecule has 0 bridgehead atoms. The Morgan fingerprint density at radius 2 is 2.05 bits per heavy atom. The van der Waals surface area contributed by atoms with Gasteiger partial charge in [0.2, 0.25) is 0 Å². The highest BCUT2D eigenvalue weighted by Crippen LogP contribution is 2.32. The first-order chi connectivity index (χ1) is 9.78. The molecule has 20 heavy (non-hydrogen) atoms. The van der Waals surface area contributed by atoms with Crippen LogP contribution in [-0.2, 0) is 0 Å². The summed E-state index contributed by atoms with van der Waals surface area (Å²) in [5.41, 5.74) is 2.46. The van der Waals surface area contributed by atoms with Crippen LogP contribution < -0.4 is 0 Å². The summed E-state index contributed by atoms with van der Waals surface area (Å²) in [7, 11) is 0. The van der Waals surface area contributed by atoms with Crippen LogP contribution in [0.3, 0.4) is 0 Å². The molecule has 0 aliphatic heterocycles. The summed E-state index contributed by atoms with van der Waals surface area (Å²) < 4.78 is 2.15. The molecule has 1 unspecified atom stereocenters. The van der Waals surface area contributed by atoms with Crippen molar-refractivity contribution in [3.63, 3.8) is 0 Å². The molecule has 3 rings (SSSR count). The zero-order valence-corrected chi connectivity index (χ0v) is 12.5. The number of nitrogens with zero attached hydrogens (tertiary/aromatic N) is 3. The van der Waals surface area contributed by atoms with Gasteiger partial charge in [0.1, 0.15) is 5.01 Å². The number of imidazole rings is 1. The minimum Gasteiger partial charge on any atom is -0.329 e. The predicted molar refractivity (Wildman–Crippen MR) is 82.9 cm³/mol. The van der Waals surface area contributed by atoms with Crippen LogP contribution in [0.1, 0.15) is 29.8 Å². The maximum absolute atomic E-state index is 4.58. The van der Waals surface area contributed by atoms with Gasteiger partial charge in [-0.05, 0) is 13.3 Å². The van der Waals surface area contributed by atoms with Gasteiger partial charge in [-0.2, -0.15) is 0 Å². The summed E-state index contributed by atoms with van der Waals surface area (Å²) in [4.78, 5) is 10.00. The second kappa shape index (κ2) is 5.59. The van der Waals surface area contributed by atoms with E-state index in [0.717, 1.165) is 11.4 Å². The monoisotopic (exact) mass is 283 g/mol. The lowest BCUT2D eigenvalue weighted by Gasteiger charge is -2.13. The molecule has 0 saturated heterocycles. The first-order valence-corrected chi connectivity index (χ1v) is 7.59. The molecule has 0 aliphatic rings. The number of hydrogen-bond donors (Lipinski definition) is 0.